The van der Waals surface area contributed by atoms with Gasteiger partial charge in [-0.25, -0.2) is 0 Å². The number of benzene rings is 8. The van der Waals surface area contributed by atoms with Gasteiger partial charge in [0.25, 0.3) is 0 Å². The quantitative estimate of drug-likeness (QED) is 0.164. The van der Waals surface area contributed by atoms with Crippen molar-refractivity contribution < 1.29 is 0 Å². The molecule has 0 spiro atoms. The fourth-order valence-electron chi connectivity index (χ4n) is 9.12. The van der Waals surface area contributed by atoms with E-state index in [-0.39, 0.29) is 0 Å². The van der Waals surface area contributed by atoms with Crippen LogP contribution >= 0.6 is 15.2 Å². The molecule has 262 valence electrons. The Kier molecular flexibility index (Phi) is 8.34. The molecule has 0 saturated heterocycles. The zero-order chi connectivity index (χ0) is 36.6. The molecule has 0 atom stereocenters. The minimum absolute atomic E-state index is 0.388. The lowest BCUT2D eigenvalue weighted by Gasteiger charge is -2.39. The van der Waals surface area contributed by atoms with Gasteiger partial charge in [-0.2, -0.15) is 0 Å². The van der Waals surface area contributed by atoms with Gasteiger partial charge in [0, 0.05) is 46.2 Å². The first-order chi connectivity index (χ1) is 25.7. The molecule has 0 aliphatic carbocycles. The minimum Gasteiger partial charge on any atom is -0.340 e. The number of hydrogen-bond acceptors (Lipinski definition) is 2. The maximum atomic E-state index is 2.61. The fourth-order valence-corrected chi connectivity index (χ4v) is 15.5. The normalized spacial score (nSPS) is 17.5. The Bertz CT molecular complexity index is 2540. The molecule has 1 aliphatic heterocycles. The Labute approximate surface area is 316 Å². The molecule has 2 nitrogen and oxygen atoms in total. The monoisotopic (exact) mass is 725 g/mol. The van der Waals surface area contributed by atoms with Crippen LogP contribution in [0.4, 0.5) is 22.7 Å². The molecule has 0 fully saturated rings. The van der Waals surface area contributed by atoms with Gasteiger partial charge >= 0.3 is 0 Å². The van der Waals surface area contributed by atoms with Crippen LogP contribution in [0, 0.1) is 0 Å². The SMILES string of the molecule is CC(C)P1c2ccc3ccccc3c2N(C)c2c(ccc3ccccc23)[P+](C)(C(C)C)c2ccc3ccccc3c2N(C)c2c1ccc1ccccc21. The third-order valence-corrected chi connectivity index (χ3v) is 19.5. The molecule has 8 aromatic rings. The number of fused-ring (bicyclic) bond motifs is 12. The molecule has 1 aliphatic rings. The molecule has 0 aromatic heterocycles. The minimum atomic E-state index is -2.11. The van der Waals surface area contributed by atoms with Crippen LogP contribution < -0.4 is 31.0 Å². The van der Waals surface area contributed by atoms with Crippen LogP contribution in [-0.2, 0) is 0 Å². The summed E-state index contributed by atoms with van der Waals surface area (Å²) in [5, 5.41) is 16.1. The first-order valence-electron chi connectivity index (χ1n) is 18.9. The third kappa shape index (κ3) is 5.14. The molecule has 0 radical (unpaired) electrons. The number of hydrogen-bond donors (Lipinski definition) is 0. The zero-order valence-corrected chi connectivity index (χ0v) is 33.6. The highest BCUT2D eigenvalue weighted by Gasteiger charge is 2.47. The van der Waals surface area contributed by atoms with Crippen molar-refractivity contribution in [2.75, 3.05) is 30.6 Å². The summed E-state index contributed by atoms with van der Waals surface area (Å²) in [6.45, 7) is 12.4. The van der Waals surface area contributed by atoms with Gasteiger partial charge < -0.3 is 9.80 Å². The Morgan fingerprint density at radius 2 is 0.736 bits per heavy atom. The van der Waals surface area contributed by atoms with Crippen molar-refractivity contribution in [2.45, 2.75) is 39.0 Å². The molecular weight excluding hydrogens is 679 g/mol. The van der Waals surface area contributed by atoms with Crippen molar-refractivity contribution in [3.05, 3.63) is 146 Å². The van der Waals surface area contributed by atoms with Crippen LogP contribution in [-0.4, -0.2) is 32.1 Å². The van der Waals surface area contributed by atoms with E-state index in [2.05, 4.69) is 204 Å². The molecule has 0 amide bonds. The van der Waals surface area contributed by atoms with E-state index in [1.807, 2.05) is 0 Å². The fraction of sp³-hybridized carbons (Fsp3) is 0.184. The summed E-state index contributed by atoms with van der Waals surface area (Å²) < 4.78 is 0. The number of nitrogens with zero attached hydrogens (tertiary/aromatic N) is 2. The van der Waals surface area contributed by atoms with E-state index in [9.17, 15) is 0 Å². The van der Waals surface area contributed by atoms with Gasteiger partial charge in [-0.1, -0.05) is 147 Å². The second kappa shape index (κ2) is 13.0. The largest absolute Gasteiger partial charge is 0.340 e. The molecule has 0 unspecified atom stereocenters. The maximum Gasteiger partial charge on any atom is 0.123 e. The molecule has 53 heavy (non-hydrogen) atoms. The van der Waals surface area contributed by atoms with Crippen molar-refractivity contribution >= 4 is 102 Å². The predicted molar refractivity (Wildman–Crippen MR) is 240 cm³/mol. The Balaban J connectivity index is 1.55. The van der Waals surface area contributed by atoms with Crippen molar-refractivity contribution in [1.29, 1.82) is 0 Å². The summed E-state index contributed by atoms with van der Waals surface area (Å²) >= 11 is 0. The topological polar surface area (TPSA) is 6.48 Å². The molecule has 4 heteroatoms. The van der Waals surface area contributed by atoms with Crippen molar-refractivity contribution in [1.82, 2.24) is 0 Å². The zero-order valence-electron chi connectivity index (χ0n) is 31.8. The molecular formula is C49H47N2P2+. The molecule has 0 bridgehead atoms. The van der Waals surface area contributed by atoms with Crippen molar-refractivity contribution in [2.24, 2.45) is 0 Å². The van der Waals surface area contributed by atoms with E-state index in [1.165, 1.54) is 87.1 Å². The second-order valence-corrected chi connectivity index (χ2v) is 22.3. The van der Waals surface area contributed by atoms with E-state index in [1.54, 1.807) is 0 Å². The summed E-state index contributed by atoms with van der Waals surface area (Å²) in [5.41, 5.74) is 6.12. The van der Waals surface area contributed by atoms with Gasteiger partial charge in [0.1, 0.15) is 10.6 Å². The van der Waals surface area contributed by atoms with E-state index in [4.69, 9.17) is 0 Å². The van der Waals surface area contributed by atoms with Crippen molar-refractivity contribution in [3.8, 4) is 0 Å². The summed E-state index contributed by atoms with van der Waals surface area (Å²) in [6.07, 6.45) is 0. The van der Waals surface area contributed by atoms with Crippen LogP contribution in [0.15, 0.2) is 146 Å². The lowest BCUT2D eigenvalue weighted by atomic mass is 10.0. The highest BCUT2D eigenvalue weighted by atomic mass is 31.2. The lowest BCUT2D eigenvalue weighted by Crippen LogP contribution is -2.37. The summed E-state index contributed by atoms with van der Waals surface area (Å²) in [5.74, 6) is 0. The van der Waals surface area contributed by atoms with E-state index in [0.29, 0.717) is 11.3 Å². The molecule has 9 rings (SSSR count). The summed E-state index contributed by atoms with van der Waals surface area (Å²) in [4.78, 5) is 5.22. The Hall–Kier alpha value is -4.74. The highest BCUT2D eigenvalue weighted by Crippen LogP contribution is 2.63. The smallest absolute Gasteiger partial charge is 0.123 e. The summed E-state index contributed by atoms with van der Waals surface area (Å²) in [6, 6.07) is 55.6. The van der Waals surface area contributed by atoms with Crippen LogP contribution in [0.5, 0.6) is 0 Å². The van der Waals surface area contributed by atoms with Gasteiger partial charge in [0.15, 0.2) is 0 Å². The Morgan fingerprint density at radius 3 is 1.08 bits per heavy atom. The Morgan fingerprint density at radius 1 is 0.415 bits per heavy atom. The van der Waals surface area contributed by atoms with E-state index >= 15 is 0 Å². The van der Waals surface area contributed by atoms with E-state index < -0.39 is 15.2 Å². The van der Waals surface area contributed by atoms with Crippen LogP contribution in [0.3, 0.4) is 0 Å². The van der Waals surface area contributed by atoms with Crippen LogP contribution in [0.2, 0.25) is 0 Å². The molecule has 0 N–H and O–H groups in total. The number of rotatable bonds is 2. The average molecular weight is 726 g/mol. The van der Waals surface area contributed by atoms with Gasteiger partial charge in [0.05, 0.1) is 42.3 Å². The lowest BCUT2D eigenvalue weighted by molar-refractivity contribution is 1.09. The average Bonchev–Trinajstić information content (AvgIpc) is 3.18. The van der Waals surface area contributed by atoms with Gasteiger partial charge in [0.2, 0.25) is 0 Å². The second-order valence-electron chi connectivity index (χ2n) is 15.4. The molecule has 8 aromatic carbocycles. The first-order valence-corrected chi connectivity index (χ1v) is 22.6. The molecule has 0 saturated carbocycles. The summed E-state index contributed by atoms with van der Waals surface area (Å²) in [7, 11) is 1.78. The van der Waals surface area contributed by atoms with Gasteiger partial charge in [-0.3, -0.25) is 0 Å². The van der Waals surface area contributed by atoms with Gasteiger partial charge in [-0.05, 0) is 61.1 Å². The van der Waals surface area contributed by atoms with Crippen molar-refractivity contribution in [3.63, 3.8) is 0 Å². The highest BCUT2D eigenvalue weighted by molar-refractivity contribution is 7.90. The maximum absolute atomic E-state index is 2.61. The van der Waals surface area contributed by atoms with Crippen LogP contribution in [0.1, 0.15) is 27.7 Å². The molecule has 1 heterocycles. The first kappa shape index (κ1) is 34.1. The van der Waals surface area contributed by atoms with E-state index in [0.717, 1.165) is 0 Å². The number of anilines is 4. The van der Waals surface area contributed by atoms with Crippen LogP contribution in [0.25, 0.3) is 43.1 Å². The predicted octanol–water partition coefficient (Wildman–Crippen LogP) is 12.0. The van der Waals surface area contributed by atoms with Gasteiger partial charge in [-0.15, -0.1) is 0 Å². The standard InChI is InChI=1S/C49H47N2P2/c1-32(2)52-42-28-24-34-16-8-12-20-38(34)46(42)50(5)48-40-22-14-10-18-36(40)26-30-44(48)53(7,33(3)4)45-31-27-37-19-11-15-23-41(37)49(45)51(6)47-39-21-13-9-17-35(39)25-29-43(47)52/h8-33H,1-7H3/q+1. The third-order valence-electron chi connectivity index (χ3n) is 11.9.